The topological polar surface area (TPSA) is 58.4 Å². The van der Waals surface area contributed by atoms with Crippen molar-refractivity contribution in [1.82, 2.24) is 10.2 Å². The predicted octanol–water partition coefficient (Wildman–Crippen LogP) is 1.58. The normalized spacial score (nSPS) is 32.8. The lowest BCUT2D eigenvalue weighted by Gasteiger charge is -2.36. The van der Waals surface area contributed by atoms with E-state index in [9.17, 15) is 4.79 Å². The van der Waals surface area contributed by atoms with Gasteiger partial charge in [0.15, 0.2) is 0 Å². The fraction of sp³-hybridized carbons (Fsp3) is 0.867. The molecule has 1 saturated carbocycles. The highest BCUT2D eigenvalue weighted by molar-refractivity contribution is 7.80. The Morgan fingerprint density at radius 2 is 1.90 bits per heavy atom. The molecule has 3 aliphatic rings. The smallest absolute Gasteiger partial charge is 0.233 e. The molecule has 112 valence electrons. The van der Waals surface area contributed by atoms with Crippen LogP contribution in [0, 0.1) is 5.41 Å². The summed E-state index contributed by atoms with van der Waals surface area (Å²) >= 11 is 5.24. The molecule has 3 fully saturated rings. The number of hydrogen-bond acceptors (Lipinski definition) is 3. The van der Waals surface area contributed by atoms with Crippen molar-refractivity contribution < 1.29 is 4.79 Å². The van der Waals surface area contributed by atoms with Crippen molar-refractivity contribution in [2.45, 2.75) is 63.5 Å². The summed E-state index contributed by atoms with van der Waals surface area (Å²) < 4.78 is 0. The second-order valence-corrected chi connectivity index (χ2v) is 7.06. The Morgan fingerprint density at radius 1 is 1.15 bits per heavy atom. The lowest BCUT2D eigenvalue weighted by atomic mass is 9.73. The fourth-order valence-corrected chi connectivity index (χ4v) is 4.59. The molecule has 2 unspecified atom stereocenters. The van der Waals surface area contributed by atoms with E-state index in [4.69, 9.17) is 18.0 Å². The molecule has 0 spiro atoms. The first-order valence-corrected chi connectivity index (χ1v) is 8.39. The van der Waals surface area contributed by atoms with Crippen LogP contribution in [-0.4, -0.2) is 41.0 Å². The fourth-order valence-electron chi connectivity index (χ4n) is 4.30. The molecule has 0 aromatic rings. The molecule has 0 bridgehead atoms. The molecule has 3 N–H and O–H groups in total. The van der Waals surface area contributed by atoms with Crippen molar-refractivity contribution >= 4 is 23.1 Å². The lowest BCUT2D eigenvalue weighted by molar-refractivity contribution is -0.129. The summed E-state index contributed by atoms with van der Waals surface area (Å²) in [6, 6.07) is 0.851. The quantitative estimate of drug-likeness (QED) is 0.776. The SMILES string of the molecule is NC(=S)C1(C(=O)NC2CCN3CCCC23)CCCCC1. The van der Waals surface area contributed by atoms with E-state index in [2.05, 4.69) is 10.2 Å². The molecule has 4 nitrogen and oxygen atoms in total. The van der Waals surface area contributed by atoms with Gasteiger partial charge < -0.3 is 11.1 Å². The highest BCUT2D eigenvalue weighted by Crippen LogP contribution is 2.38. The van der Waals surface area contributed by atoms with Gasteiger partial charge in [0.1, 0.15) is 0 Å². The molecule has 2 aliphatic heterocycles. The summed E-state index contributed by atoms with van der Waals surface area (Å²) in [5.41, 5.74) is 5.37. The highest BCUT2D eigenvalue weighted by Gasteiger charge is 2.45. The van der Waals surface area contributed by atoms with Gasteiger partial charge in [0.2, 0.25) is 5.91 Å². The predicted molar refractivity (Wildman–Crippen MR) is 83.4 cm³/mol. The van der Waals surface area contributed by atoms with Crippen LogP contribution in [0.15, 0.2) is 0 Å². The number of nitrogens with two attached hydrogens (primary N) is 1. The zero-order valence-electron chi connectivity index (χ0n) is 12.1. The summed E-state index contributed by atoms with van der Waals surface area (Å²) in [4.78, 5) is 15.7. The van der Waals surface area contributed by atoms with Crippen molar-refractivity contribution in [1.29, 1.82) is 0 Å². The van der Waals surface area contributed by atoms with Gasteiger partial charge >= 0.3 is 0 Å². The van der Waals surface area contributed by atoms with Gasteiger partial charge in [-0.25, -0.2) is 0 Å². The molecule has 2 atom stereocenters. The number of nitrogens with zero attached hydrogens (tertiary/aromatic N) is 1. The van der Waals surface area contributed by atoms with Gasteiger partial charge in [-0.3, -0.25) is 9.69 Å². The third-order valence-electron chi connectivity index (χ3n) is 5.54. The number of amides is 1. The number of nitrogens with one attached hydrogen (secondary N) is 1. The van der Waals surface area contributed by atoms with E-state index >= 15 is 0 Å². The van der Waals surface area contributed by atoms with E-state index in [1.807, 2.05) is 0 Å². The molecule has 20 heavy (non-hydrogen) atoms. The molecular formula is C15H25N3OS. The minimum absolute atomic E-state index is 0.100. The molecule has 0 aromatic heterocycles. The number of carbonyl (C=O) groups is 1. The van der Waals surface area contributed by atoms with Crippen molar-refractivity contribution in [2.75, 3.05) is 13.1 Å². The van der Waals surface area contributed by atoms with E-state index in [-0.39, 0.29) is 5.91 Å². The third-order valence-corrected chi connectivity index (χ3v) is 5.93. The number of rotatable bonds is 3. The molecule has 1 aliphatic carbocycles. The molecule has 3 rings (SSSR count). The summed E-state index contributed by atoms with van der Waals surface area (Å²) in [5, 5.41) is 3.29. The van der Waals surface area contributed by atoms with Gasteiger partial charge in [-0.15, -0.1) is 0 Å². The molecule has 2 heterocycles. The van der Waals surface area contributed by atoms with Crippen LogP contribution in [0.4, 0.5) is 0 Å². The van der Waals surface area contributed by atoms with Gasteiger partial charge in [0.05, 0.1) is 10.4 Å². The van der Waals surface area contributed by atoms with Crippen molar-refractivity contribution in [2.24, 2.45) is 11.1 Å². The third kappa shape index (κ3) is 2.35. The Hall–Kier alpha value is -0.680. The van der Waals surface area contributed by atoms with Crippen molar-refractivity contribution in [3.8, 4) is 0 Å². The maximum Gasteiger partial charge on any atom is 0.233 e. The highest BCUT2D eigenvalue weighted by atomic mass is 32.1. The van der Waals surface area contributed by atoms with E-state index < -0.39 is 5.41 Å². The Kier molecular flexibility index (Phi) is 4.00. The first kappa shape index (κ1) is 14.3. The molecule has 0 aromatic carbocycles. The zero-order valence-corrected chi connectivity index (χ0v) is 12.9. The van der Waals surface area contributed by atoms with Gasteiger partial charge in [-0.05, 0) is 38.6 Å². The van der Waals surface area contributed by atoms with E-state index in [0.717, 1.165) is 38.6 Å². The lowest BCUT2D eigenvalue weighted by Crippen LogP contribution is -2.54. The summed E-state index contributed by atoms with van der Waals surface area (Å²) in [7, 11) is 0. The average molecular weight is 295 g/mol. The minimum Gasteiger partial charge on any atom is -0.392 e. The van der Waals surface area contributed by atoms with E-state index in [1.165, 1.54) is 25.8 Å². The molecular weight excluding hydrogens is 270 g/mol. The number of thiocarbonyl (C=S) groups is 1. The summed E-state index contributed by atoms with van der Waals surface area (Å²) in [6.07, 6.45) is 8.52. The zero-order chi connectivity index (χ0) is 14.2. The van der Waals surface area contributed by atoms with Crippen molar-refractivity contribution in [3.05, 3.63) is 0 Å². The first-order valence-electron chi connectivity index (χ1n) is 7.98. The van der Waals surface area contributed by atoms with Gasteiger partial charge in [-0.1, -0.05) is 31.5 Å². The largest absolute Gasteiger partial charge is 0.392 e. The van der Waals surface area contributed by atoms with Gasteiger partial charge in [0, 0.05) is 18.6 Å². The Bertz CT molecular complexity index is 406. The number of fused-ring (bicyclic) bond motifs is 1. The van der Waals surface area contributed by atoms with Crippen molar-refractivity contribution in [3.63, 3.8) is 0 Å². The van der Waals surface area contributed by atoms with Crippen LogP contribution in [0.3, 0.4) is 0 Å². The van der Waals surface area contributed by atoms with Gasteiger partial charge in [-0.2, -0.15) is 0 Å². The molecule has 5 heteroatoms. The second-order valence-electron chi connectivity index (χ2n) is 6.62. The Balaban J connectivity index is 1.69. The first-order chi connectivity index (χ1) is 9.63. The monoisotopic (exact) mass is 295 g/mol. The van der Waals surface area contributed by atoms with E-state index in [0.29, 0.717) is 17.1 Å². The maximum absolute atomic E-state index is 12.8. The molecule has 1 amide bonds. The second kappa shape index (κ2) is 5.60. The van der Waals surface area contributed by atoms with Gasteiger partial charge in [0.25, 0.3) is 0 Å². The average Bonchev–Trinajstić information content (AvgIpc) is 3.04. The van der Waals surface area contributed by atoms with Crippen LogP contribution in [0.1, 0.15) is 51.4 Å². The van der Waals surface area contributed by atoms with Crippen LogP contribution < -0.4 is 11.1 Å². The Morgan fingerprint density at radius 3 is 2.60 bits per heavy atom. The van der Waals surface area contributed by atoms with Crippen LogP contribution in [0.2, 0.25) is 0 Å². The summed E-state index contributed by atoms with van der Waals surface area (Å²) in [5.74, 6) is 0.100. The maximum atomic E-state index is 12.8. The van der Waals surface area contributed by atoms with E-state index in [1.54, 1.807) is 0 Å². The van der Waals surface area contributed by atoms with Crippen LogP contribution in [-0.2, 0) is 4.79 Å². The van der Waals surface area contributed by atoms with Crippen LogP contribution in [0.5, 0.6) is 0 Å². The Labute approximate surface area is 126 Å². The summed E-state index contributed by atoms with van der Waals surface area (Å²) in [6.45, 7) is 2.31. The van der Waals surface area contributed by atoms with Crippen LogP contribution in [0.25, 0.3) is 0 Å². The molecule has 2 saturated heterocycles. The standard InChI is InChI=1S/C15H25N3OS/c16-13(20)15(7-2-1-3-8-15)14(19)17-11-6-10-18-9-4-5-12(11)18/h11-12H,1-10H2,(H2,16,20)(H,17,19). The van der Waals surface area contributed by atoms with Crippen LogP contribution >= 0.6 is 12.2 Å². The number of hydrogen-bond donors (Lipinski definition) is 2. The number of carbonyl (C=O) groups excluding carboxylic acids is 1. The molecule has 0 radical (unpaired) electrons. The minimum atomic E-state index is -0.570.